The van der Waals surface area contributed by atoms with Crippen LogP contribution in [0.5, 0.6) is 0 Å². The lowest BCUT2D eigenvalue weighted by Crippen LogP contribution is -2.19. The average molecular weight is 279 g/mol. The Morgan fingerprint density at radius 3 is 2.75 bits per heavy atom. The van der Waals surface area contributed by atoms with Crippen LogP contribution in [0.25, 0.3) is 0 Å². The van der Waals surface area contributed by atoms with Crippen molar-refractivity contribution in [2.75, 3.05) is 20.3 Å². The molecule has 0 aliphatic heterocycles. The molecule has 2 aromatic rings. The molecule has 0 radical (unpaired) electrons. The van der Waals surface area contributed by atoms with Crippen molar-refractivity contribution in [3.8, 4) is 0 Å². The maximum absolute atomic E-state index is 5.13. The lowest BCUT2D eigenvalue weighted by molar-refractivity contribution is 0.199. The van der Waals surface area contributed by atoms with E-state index in [1.807, 2.05) is 11.6 Å². The molecule has 0 unspecified atom stereocenters. The van der Waals surface area contributed by atoms with E-state index in [2.05, 4.69) is 27.5 Å². The fourth-order valence-electron chi connectivity index (χ4n) is 2.06. The normalized spacial score (nSPS) is 11.2. The average Bonchev–Trinajstić information content (AvgIpc) is 2.93. The Morgan fingerprint density at radius 1 is 1.30 bits per heavy atom. The SMILES string of the molecule is COCCNCc1c(C)nn(Cc2nc(C)no2)c1C. The molecule has 2 rings (SSSR count). The Labute approximate surface area is 118 Å². The van der Waals surface area contributed by atoms with Gasteiger partial charge in [0.1, 0.15) is 6.54 Å². The summed E-state index contributed by atoms with van der Waals surface area (Å²) in [6.45, 7) is 8.68. The van der Waals surface area contributed by atoms with E-state index in [0.29, 0.717) is 24.9 Å². The minimum atomic E-state index is 0.506. The molecule has 7 nitrogen and oxygen atoms in total. The third kappa shape index (κ3) is 3.43. The first-order chi connectivity index (χ1) is 9.61. The van der Waals surface area contributed by atoms with Gasteiger partial charge in [0.05, 0.1) is 12.3 Å². The Hall–Kier alpha value is -1.73. The quantitative estimate of drug-likeness (QED) is 0.761. The number of nitrogens with zero attached hydrogens (tertiary/aromatic N) is 4. The highest BCUT2D eigenvalue weighted by Gasteiger charge is 2.13. The van der Waals surface area contributed by atoms with Gasteiger partial charge in [0.25, 0.3) is 0 Å². The fourth-order valence-corrected chi connectivity index (χ4v) is 2.06. The second kappa shape index (κ2) is 6.62. The molecule has 7 heteroatoms. The summed E-state index contributed by atoms with van der Waals surface area (Å²) >= 11 is 0. The molecule has 0 bridgehead atoms. The Bertz CT molecular complexity index is 561. The van der Waals surface area contributed by atoms with Gasteiger partial charge < -0.3 is 14.6 Å². The van der Waals surface area contributed by atoms with E-state index >= 15 is 0 Å². The van der Waals surface area contributed by atoms with E-state index in [1.54, 1.807) is 14.0 Å². The monoisotopic (exact) mass is 279 g/mol. The number of ether oxygens (including phenoxy) is 1. The molecule has 2 aromatic heterocycles. The van der Waals surface area contributed by atoms with Crippen molar-refractivity contribution < 1.29 is 9.26 Å². The molecule has 0 aliphatic rings. The van der Waals surface area contributed by atoms with E-state index in [4.69, 9.17) is 9.26 Å². The fraction of sp³-hybridized carbons (Fsp3) is 0.615. The Morgan fingerprint density at radius 2 is 2.10 bits per heavy atom. The summed E-state index contributed by atoms with van der Waals surface area (Å²) in [6, 6.07) is 0. The highest BCUT2D eigenvalue weighted by molar-refractivity contribution is 5.24. The lowest BCUT2D eigenvalue weighted by atomic mass is 10.2. The number of methoxy groups -OCH3 is 1. The van der Waals surface area contributed by atoms with Gasteiger partial charge in [-0.2, -0.15) is 10.1 Å². The van der Waals surface area contributed by atoms with E-state index in [-0.39, 0.29) is 0 Å². The molecular formula is C13H21N5O2. The molecule has 0 saturated heterocycles. The summed E-state index contributed by atoms with van der Waals surface area (Å²) in [5, 5.41) is 11.7. The molecule has 20 heavy (non-hydrogen) atoms. The minimum Gasteiger partial charge on any atom is -0.383 e. The van der Waals surface area contributed by atoms with Crippen molar-refractivity contribution in [1.29, 1.82) is 0 Å². The van der Waals surface area contributed by atoms with Crippen LogP contribution in [0.2, 0.25) is 0 Å². The van der Waals surface area contributed by atoms with Crippen LogP contribution in [0, 0.1) is 20.8 Å². The molecule has 0 atom stereocenters. The molecule has 1 N–H and O–H groups in total. The van der Waals surface area contributed by atoms with Gasteiger partial charge in [-0.1, -0.05) is 5.16 Å². The number of hydrogen-bond acceptors (Lipinski definition) is 6. The first-order valence-corrected chi connectivity index (χ1v) is 6.63. The zero-order valence-corrected chi connectivity index (χ0v) is 12.4. The second-order valence-electron chi connectivity index (χ2n) is 4.71. The first kappa shape index (κ1) is 14.7. The van der Waals surface area contributed by atoms with Gasteiger partial charge in [0.2, 0.25) is 5.89 Å². The molecule has 0 saturated carbocycles. The molecule has 0 amide bonds. The van der Waals surface area contributed by atoms with E-state index < -0.39 is 0 Å². The van der Waals surface area contributed by atoms with Crippen molar-refractivity contribution in [2.45, 2.75) is 33.9 Å². The van der Waals surface area contributed by atoms with Gasteiger partial charge in [-0.05, 0) is 20.8 Å². The smallest absolute Gasteiger partial charge is 0.248 e. The third-order valence-electron chi connectivity index (χ3n) is 3.17. The first-order valence-electron chi connectivity index (χ1n) is 6.63. The van der Waals surface area contributed by atoms with E-state index in [1.165, 1.54) is 5.56 Å². The van der Waals surface area contributed by atoms with Crippen molar-refractivity contribution in [1.82, 2.24) is 25.2 Å². The van der Waals surface area contributed by atoms with Crippen molar-refractivity contribution in [3.63, 3.8) is 0 Å². The second-order valence-corrected chi connectivity index (χ2v) is 4.71. The standard InChI is InChI=1S/C13H21N5O2/c1-9-12(7-14-5-6-19-4)10(2)18(16-9)8-13-15-11(3)17-20-13/h14H,5-8H2,1-4H3. The highest BCUT2D eigenvalue weighted by Crippen LogP contribution is 2.14. The van der Waals surface area contributed by atoms with Crippen molar-refractivity contribution in [2.24, 2.45) is 0 Å². The van der Waals surface area contributed by atoms with Gasteiger partial charge in [0.15, 0.2) is 5.82 Å². The van der Waals surface area contributed by atoms with Crippen LogP contribution in [-0.4, -0.2) is 40.2 Å². The minimum absolute atomic E-state index is 0.506. The third-order valence-corrected chi connectivity index (χ3v) is 3.17. The number of nitrogens with one attached hydrogen (secondary N) is 1. The summed E-state index contributed by atoms with van der Waals surface area (Å²) in [6.07, 6.45) is 0. The molecule has 0 fully saturated rings. The van der Waals surface area contributed by atoms with Crippen LogP contribution in [-0.2, 0) is 17.8 Å². The predicted octanol–water partition coefficient (Wildman–Crippen LogP) is 0.976. The maximum atomic E-state index is 5.13. The summed E-state index contributed by atoms with van der Waals surface area (Å²) in [5.74, 6) is 1.22. The number of aromatic nitrogens is 4. The van der Waals surface area contributed by atoms with Gasteiger partial charge in [0, 0.05) is 31.5 Å². The summed E-state index contributed by atoms with van der Waals surface area (Å²) < 4.78 is 12.0. The van der Waals surface area contributed by atoms with Crippen LogP contribution in [0.15, 0.2) is 4.52 Å². The molecule has 0 aromatic carbocycles. The van der Waals surface area contributed by atoms with Crippen LogP contribution in [0.3, 0.4) is 0 Å². The molecule has 0 spiro atoms. The summed E-state index contributed by atoms with van der Waals surface area (Å²) in [4.78, 5) is 4.20. The van der Waals surface area contributed by atoms with E-state index in [0.717, 1.165) is 24.5 Å². The largest absolute Gasteiger partial charge is 0.383 e. The Balaban J connectivity index is 2.04. The Kier molecular flexibility index (Phi) is 4.86. The van der Waals surface area contributed by atoms with Gasteiger partial charge in [-0.25, -0.2) is 0 Å². The van der Waals surface area contributed by atoms with Crippen LogP contribution >= 0.6 is 0 Å². The van der Waals surface area contributed by atoms with E-state index in [9.17, 15) is 0 Å². The van der Waals surface area contributed by atoms with Crippen molar-refractivity contribution in [3.05, 3.63) is 28.7 Å². The highest BCUT2D eigenvalue weighted by atomic mass is 16.5. The van der Waals surface area contributed by atoms with Crippen molar-refractivity contribution >= 4 is 0 Å². The topological polar surface area (TPSA) is 78.0 Å². The van der Waals surface area contributed by atoms with Crippen LogP contribution < -0.4 is 5.32 Å². The molecule has 110 valence electrons. The molecule has 2 heterocycles. The number of aryl methyl sites for hydroxylation is 2. The number of hydrogen-bond donors (Lipinski definition) is 1. The summed E-state index contributed by atoms with van der Waals surface area (Å²) in [5.41, 5.74) is 3.34. The van der Waals surface area contributed by atoms with Crippen LogP contribution in [0.1, 0.15) is 28.7 Å². The molecule has 0 aliphatic carbocycles. The zero-order valence-electron chi connectivity index (χ0n) is 12.4. The van der Waals surface area contributed by atoms with Gasteiger partial charge in [-0.15, -0.1) is 0 Å². The molecular weight excluding hydrogens is 258 g/mol. The van der Waals surface area contributed by atoms with Gasteiger partial charge >= 0.3 is 0 Å². The maximum Gasteiger partial charge on any atom is 0.248 e. The summed E-state index contributed by atoms with van der Waals surface area (Å²) in [7, 11) is 1.70. The van der Waals surface area contributed by atoms with Gasteiger partial charge in [-0.3, -0.25) is 4.68 Å². The van der Waals surface area contributed by atoms with Crippen LogP contribution in [0.4, 0.5) is 0 Å². The zero-order chi connectivity index (χ0) is 14.5. The number of rotatable bonds is 7. The predicted molar refractivity (Wildman–Crippen MR) is 73.4 cm³/mol. The lowest BCUT2D eigenvalue weighted by Gasteiger charge is -2.05.